The highest BCUT2D eigenvalue weighted by atomic mass is 16.2. The molecule has 4 rings (SSSR count). The molecule has 29 heavy (non-hydrogen) atoms. The van der Waals surface area contributed by atoms with E-state index in [2.05, 4.69) is 5.32 Å². The van der Waals surface area contributed by atoms with Gasteiger partial charge >= 0.3 is 0 Å². The number of ketones is 1. The Kier molecular flexibility index (Phi) is 4.96. The molecule has 0 atom stereocenters. The number of rotatable bonds is 5. The Morgan fingerprint density at radius 2 is 1.62 bits per heavy atom. The Morgan fingerprint density at radius 3 is 2.38 bits per heavy atom. The maximum atomic E-state index is 12.7. The summed E-state index contributed by atoms with van der Waals surface area (Å²) in [7, 11) is 0. The van der Waals surface area contributed by atoms with E-state index in [1.54, 1.807) is 12.1 Å². The number of carbonyl (C=O) groups is 3. The molecule has 5 heteroatoms. The number of fused-ring (bicyclic) bond motifs is 1. The van der Waals surface area contributed by atoms with Crippen LogP contribution < -0.4 is 10.2 Å². The highest BCUT2D eigenvalue weighted by Crippen LogP contribution is 2.31. The number of benzene rings is 3. The Labute approximate surface area is 169 Å². The lowest BCUT2D eigenvalue weighted by Crippen LogP contribution is -2.37. The molecule has 0 saturated carbocycles. The molecule has 0 bridgehead atoms. The number of para-hydroxylation sites is 1. The van der Waals surface area contributed by atoms with Crippen molar-refractivity contribution in [1.29, 1.82) is 0 Å². The van der Waals surface area contributed by atoms with Crippen LogP contribution in [0.25, 0.3) is 11.1 Å². The van der Waals surface area contributed by atoms with Crippen molar-refractivity contribution in [3.8, 4) is 11.1 Å². The molecule has 1 aliphatic heterocycles. The summed E-state index contributed by atoms with van der Waals surface area (Å²) in [5.41, 5.74) is 4.36. The molecule has 0 saturated heterocycles. The summed E-state index contributed by atoms with van der Waals surface area (Å²) >= 11 is 0. The highest BCUT2D eigenvalue weighted by molar-refractivity contribution is 6.52. The first-order valence-electron chi connectivity index (χ1n) is 9.52. The fraction of sp³-hybridized carbons (Fsp3) is 0.125. The SMILES string of the molecule is CCc1ccc2c(c1)C(=O)C(=O)N2CC(=O)Nc1ccccc1-c1ccccc1. The molecule has 0 fully saturated rings. The molecular formula is C24H20N2O3. The van der Waals surface area contributed by atoms with Crippen LogP contribution in [0.1, 0.15) is 22.8 Å². The van der Waals surface area contributed by atoms with Crippen molar-refractivity contribution in [3.05, 3.63) is 83.9 Å². The Balaban J connectivity index is 1.57. The maximum absolute atomic E-state index is 12.7. The van der Waals surface area contributed by atoms with E-state index < -0.39 is 11.7 Å². The molecule has 3 aromatic carbocycles. The highest BCUT2D eigenvalue weighted by Gasteiger charge is 2.36. The molecular weight excluding hydrogens is 364 g/mol. The first-order valence-corrected chi connectivity index (χ1v) is 9.52. The second-order valence-electron chi connectivity index (χ2n) is 6.89. The minimum atomic E-state index is -0.667. The van der Waals surface area contributed by atoms with Crippen molar-refractivity contribution in [3.63, 3.8) is 0 Å². The van der Waals surface area contributed by atoms with E-state index in [1.807, 2.05) is 67.6 Å². The Morgan fingerprint density at radius 1 is 0.897 bits per heavy atom. The van der Waals surface area contributed by atoms with Crippen LogP contribution in [-0.2, 0) is 16.0 Å². The Hall–Kier alpha value is -3.73. The van der Waals surface area contributed by atoms with E-state index >= 15 is 0 Å². The van der Waals surface area contributed by atoms with E-state index in [9.17, 15) is 14.4 Å². The molecule has 0 spiro atoms. The topological polar surface area (TPSA) is 66.5 Å². The molecule has 144 valence electrons. The van der Waals surface area contributed by atoms with Crippen LogP contribution >= 0.6 is 0 Å². The quantitative estimate of drug-likeness (QED) is 0.674. The molecule has 1 aliphatic rings. The third kappa shape index (κ3) is 3.55. The van der Waals surface area contributed by atoms with Crippen LogP contribution in [0.3, 0.4) is 0 Å². The van der Waals surface area contributed by atoms with Gasteiger partial charge in [0, 0.05) is 11.3 Å². The average Bonchev–Trinajstić information content (AvgIpc) is 2.99. The second-order valence-corrected chi connectivity index (χ2v) is 6.89. The van der Waals surface area contributed by atoms with E-state index in [0.29, 0.717) is 16.9 Å². The standard InChI is InChI=1S/C24H20N2O3/c1-2-16-12-13-21-19(14-16)23(28)24(29)26(21)15-22(27)25-20-11-7-6-10-18(20)17-8-4-3-5-9-17/h3-14H,2,15H2,1H3,(H,25,27). The Bertz CT molecular complexity index is 1110. The lowest BCUT2D eigenvalue weighted by Gasteiger charge is -2.17. The monoisotopic (exact) mass is 384 g/mol. The normalized spacial score (nSPS) is 12.8. The van der Waals surface area contributed by atoms with E-state index in [-0.39, 0.29) is 12.5 Å². The summed E-state index contributed by atoms with van der Waals surface area (Å²) in [6, 6.07) is 22.6. The van der Waals surface area contributed by atoms with Crippen LogP contribution in [0, 0.1) is 0 Å². The third-order valence-electron chi connectivity index (χ3n) is 5.03. The van der Waals surface area contributed by atoms with Gasteiger partial charge in [0.1, 0.15) is 6.54 Å². The third-order valence-corrected chi connectivity index (χ3v) is 5.03. The molecule has 0 unspecified atom stereocenters. The van der Waals surface area contributed by atoms with Gasteiger partial charge in [0.2, 0.25) is 5.91 Å². The van der Waals surface area contributed by atoms with Crippen LogP contribution in [0.15, 0.2) is 72.8 Å². The van der Waals surface area contributed by atoms with E-state index in [0.717, 1.165) is 23.1 Å². The number of amides is 2. The summed E-state index contributed by atoms with van der Waals surface area (Å²) in [6.07, 6.45) is 0.769. The van der Waals surface area contributed by atoms with E-state index in [1.165, 1.54) is 4.90 Å². The number of hydrogen-bond acceptors (Lipinski definition) is 3. The summed E-state index contributed by atoms with van der Waals surface area (Å²) in [5.74, 6) is -1.59. The molecule has 3 aromatic rings. The lowest BCUT2D eigenvalue weighted by molar-refractivity contribution is -0.118. The van der Waals surface area contributed by atoms with E-state index in [4.69, 9.17) is 0 Å². The minimum absolute atomic E-state index is 0.216. The lowest BCUT2D eigenvalue weighted by atomic mass is 10.0. The summed E-state index contributed by atoms with van der Waals surface area (Å²) in [5, 5.41) is 2.88. The number of carbonyl (C=O) groups excluding carboxylic acids is 3. The van der Waals surface area contributed by atoms with Crippen molar-refractivity contribution in [2.45, 2.75) is 13.3 Å². The second kappa shape index (κ2) is 7.72. The van der Waals surface area contributed by atoms with Gasteiger partial charge in [-0.3, -0.25) is 19.3 Å². The first-order chi connectivity index (χ1) is 14.1. The molecule has 1 N–H and O–H groups in total. The fourth-order valence-electron chi connectivity index (χ4n) is 3.52. The predicted molar refractivity (Wildman–Crippen MR) is 113 cm³/mol. The summed E-state index contributed by atoms with van der Waals surface area (Å²) in [4.78, 5) is 38.7. The smallest absolute Gasteiger partial charge is 0.299 e. The van der Waals surface area contributed by atoms with Gasteiger partial charge in [0.15, 0.2) is 0 Å². The van der Waals surface area contributed by atoms with Crippen LogP contribution in [0.5, 0.6) is 0 Å². The number of anilines is 2. The number of nitrogens with zero attached hydrogens (tertiary/aromatic N) is 1. The van der Waals surface area contributed by atoms with Gasteiger partial charge in [-0.15, -0.1) is 0 Å². The molecule has 0 aliphatic carbocycles. The van der Waals surface area contributed by atoms with Crippen molar-refractivity contribution in [2.75, 3.05) is 16.8 Å². The summed E-state index contributed by atoms with van der Waals surface area (Å²) < 4.78 is 0. The summed E-state index contributed by atoms with van der Waals surface area (Å²) in [6.45, 7) is 1.77. The average molecular weight is 384 g/mol. The van der Waals surface area contributed by atoms with Crippen LogP contribution in [-0.4, -0.2) is 24.1 Å². The fourth-order valence-corrected chi connectivity index (χ4v) is 3.52. The number of Topliss-reactive ketones (excluding diaryl/α,β-unsaturated/α-hetero) is 1. The molecule has 1 heterocycles. The molecule has 0 aromatic heterocycles. The van der Waals surface area contributed by atoms with Crippen LogP contribution in [0.2, 0.25) is 0 Å². The zero-order valence-electron chi connectivity index (χ0n) is 16.0. The number of nitrogens with one attached hydrogen (secondary N) is 1. The van der Waals surface area contributed by atoms with Gasteiger partial charge in [0.05, 0.1) is 11.3 Å². The van der Waals surface area contributed by atoms with Gasteiger partial charge in [-0.2, -0.15) is 0 Å². The number of aryl methyl sites for hydroxylation is 1. The minimum Gasteiger partial charge on any atom is -0.324 e. The van der Waals surface area contributed by atoms with Gasteiger partial charge < -0.3 is 5.32 Å². The maximum Gasteiger partial charge on any atom is 0.299 e. The van der Waals surface area contributed by atoms with Crippen molar-refractivity contribution in [2.24, 2.45) is 0 Å². The largest absolute Gasteiger partial charge is 0.324 e. The van der Waals surface area contributed by atoms with Gasteiger partial charge in [0.25, 0.3) is 11.7 Å². The zero-order chi connectivity index (χ0) is 20.4. The van der Waals surface area contributed by atoms with Crippen LogP contribution in [0.4, 0.5) is 11.4 Å². The molecule has 5 nitrogen and oxygen atoms in total. The van der Waals surface area contributed by atoms with Gasteiger partial charge in [-0.1, -0.05) is 61.5 Å². The van der Waals surface area contributed by atoms with Gasteiger partial charge in [-0.05, 0) is 35.7 Å². The predicted octanol–water partition coefficient (Wildman–Crippen LogP) is 4.08. The first kappa shape index (κ1) is 18.6. The van der Waals surface area contributed by atoms with Gasteiger partial charge in [-0.25, -0.2) is 0 Å². The van der Waals surface area contributed by atoms with Crippen molar-refractivity contribution < 1.29 is 14.4 Å². The number of hydrogen-bond donors (Lipinski definition) is 1. The zero-order valence-corrected chi connectivity index (χ0v) is 16.0. The van der Waals surface area contributed by atoms with Crippen molar-refractivity contribution >= 4 is 29.0 Å². The molecule has 0 radical (unpaired) electrons. The van der Waals surface area contributed by atoms with Crippen molar-refractivity contribution in [1.82, 2.24) is 0 Å². The molecule has 2 amide bonds.